The minimum absolute atomic E-state index is 0.581. The number of anilines is 1. The van der Waals surface area contributed by atoms with Gasteiger partial charge in [-0.1, -0.05) is 36.4 Å². The topological polar surface area (TPSA) is 49.8 Å². The van der Waals surface area contributed by atoms with Crippen molar-refractivity contribution in [1.29, 1.82) is 5.26 Å². The fourth-order valence-electron chi connectivity index (χ4n) is 0.726. The molecule has 0 fully saturated rings. The molecular weight excluding hydrogens is 172 g/mol. The van der Waals surface area contributed by atoms with Gasteiger partial charge in [0.2, 0.25) is 0 Å². The van der Waals surface area contributed by atoms with Gasteiger partial charge in [0.25, 0.3) is 0 Å². The van der Waals surface area contributed by atoms with Gasteiger partial charge in [0.05, 0.1) is 10.7 Å². The lowest BCUT2D eigenvalue weighted by Gasteiger charge is -1.99. The number of benzene rings is 1. The Labute approximate surface area is 76.9 Å². The van der Waals surface area contributed by atoms with E-state index in [-0.39, 0.29) is 0 Å². The lowest BCUT2D eigenvalue weighted by atomic mass is 10.2. The van der Waals surface area contributed by atoms with Gasteiger partial charge in [-0.2, -0.15) is 0 Å². The molecule has 0 aliphatic heterocycles. The van der Waals surface area contributed by atoms with Gasteiger partial charge in [0, 0.05) is 6.57 Å². The first-order valence-corrected chi connectivity index (χ1v) is 3.55. The zero-order valence-electron chi connectivity index (χ0n) is 6.50. The van der Waals surface area contributed by atoms with Crippen LogP contribution in [0.25, 0.3) is 6.08 Å². The number of halogens is 1. The van der Waals surface area contributed by atoms with Crippen LogP contribution in [0.15, 0.2) is 24.8 Å². The number of hydrogen-bond acceptors (Lipinski definition) is 2. The highest BCUT2D eigenvalue weighted by Gasteiger charge is 1.97. The second-order valence-corrected chi connectivity index (χ2v) is 2.33. The first-order chi connectivity index (χ1) is 5.75. The molecule has 0 amide bonds. The summed E-state index contributed by atoms with van der Waals surface area (Å²) in [6.07, 6.45) is 1.68. The highest BCUT2D eigenvalue weighted by atomic mass is 35.5. The van der Waals surface area contributed by atoms with E-state index in [1.54, 1.807) is 12.1 Å². The average Bonchev–Trinajstić information content (AvgIpc) is 2.13. The van der Waals surface area contributed by atoms with Gasteiger partial charge in [-0.15, -0.1) is 0 Å². The van der Waals surface area contributed by atoms with Crippen LogP contribution < -0.4 is 5.73 Å². The van der Waals surface area contributed by atoms with Crippen molar-refractivity contribution in [3.05, 3.63) is 35.4 Å². The third-order valence-corrected chi connectivity index (χ3v) is 1.71. The molecular formula is C9H9ClN2. The molecule has 62 valence electrons. The summed E-state index contributed by atoms with van der Waals surface area (Å²) in [4.78, 5) is 0. The Hall–Kier alpha value is -1.46. The molecule has 0 radical (unpaired) electrons. The summed E-state index contributed by atoms with van der Waals surface area (Å²) in [5, 5.41) is 7.08. The van der Waals surface area contributed by atoms with E-state index >= 15 is 0 Å². The summed E-state index contributed by atoms with van der Waals surface area (Å²) in [7, 11) is 0. The van der Waals surface area contributed by atoms with Crippen LogP contribution >= 0.6 is 11.6 Å². The Kier molecular flexibility index (Phi) is 4.59. The fourth-order valence-corrected chi connectivity index (χ4v) is 0.929. The van der Waals surface area contributed by atoms with Crippen LogP contribution in [0.2, 0.25) is 5.02 Å². The standard InChI is InChI=1S/C8H8ClN.CHN/c1-2-6-4-3-5-7(10)8(6)9;1-2/h2-5H,1,10H2;1H. The van der Waals surface area contributed by atoms with E-state index in [0.29, 0.717) is 10.7 Å². The van der Waals surface area contributed by atoms with Crippen molar-refractivity contribution in [2.45, 2.75) is 0 Å². The molecule has 0 atom stereocenters. The minimum atomic E-state index is 0.581. The molecule has 0 aliphatic carbocycles. The van der Waals surface area contributed by atoms with E-state index in [4.69, 9.17) is 22.6 Å². The molecule has 0 unspecified atom stereocenters. The van der Waals surface area contributed by atoms with Crippen LogP contribution in [0.3, 0.4) is 0 Å². The maximum Gasteiger partial charge on any atom is 0.0707 e. The van der Waals surface area contributed by atoms with Crippen molar-refractivity contribution in [3.8, 4) is 6.57 Å². The number of hydrogen-bond donors (Lipinski definition) is 1. The van der Waals surface area contributed by atoms with Gasteiger partial charge in [-0.25, -0.2) is 5.26 Å². The summed E-state index contributed by atoms with van der Waals surface area (Å²) in [6, 6.07) is 5.47. The molecule has 0 bridgehead atoms. The number of rotatable bonds is 1. The number of nitrogens with zero attached hydrogens (tertiary/aromatic N) is 1. The first kappa shape index (κ1) is 10.5. The summed E-state index contributed by atoms with van der Waals surface area (Å²) >= 11 is 5.80. The normalized spacial score (nSPS) is 7.92. The molecule has 1 aromatic carbocycles. The first-order valence-electron chi connectivity index (χ1n) is 3.18. The maximum absolute atomic E-state index is 6.50. The van der Waals surface area contributed by atoms with Gasteiger partial charge in [-0.3, -0.25) is 0 Å². The molecule has 1 rings (SSSR count). The zero-order valence-corrected chi connectivity index (χ0v) is 7.25. The molecule has 0 aromatic heterocycles. The Bertz CT molecular complexity index is 292. The molecule has 0 spiro atoms. The van der Waals surface area contributed by atoms with Gasteiger partial charge in [0.15, 0.2) is 0 Å². The van der Waals surface area contributed by atoms with Crippen LogP contribution in [-0.4, -0.2) is 0 Å². The van der Waals surface area contributed by atoms with Crippen molar-refractivity contribution < 1.29 is 0 Å². The van der Waals surface area contributed by atoms with Crippen molar-refractivity contribution in [2.75, 3.05) is 5.73 Å². The van der Waals surface area contributed by atoms with E-state index in [2.05, 4.69) is 13.2 Å². The number of nitrogen functional groups attached to an aromatic ring is 1. The summed E-state index contributed by atoms with van der Waals surface area (Å²) < 4.78 is 0. The predicted molar refractivity (Wildman–Crippen MR) is 52.6 cm³/mol. The Morgan fingerprint density at radius 3 is 2.50 bits per heavy atom. The predicted octanol–water partition coefficient (Wildman–Crippen LogP) is 2.70. The summed E-state index contributed by atoms with van der Waals surface area (Å²) in [5.74, 6) is 0. The van der Waals surface area contributed by atoms with Crippen molar-refractivity contribution >= 4 is 23.4 Å². The maximum atomic E-state index is 6.50. The minimum Gasteiger partial charge on any atom is -0.398 e. The highest BCUT2D eigenvalue weighted by Crippen LogP contribution is 2.23. The average molecular weight is 181 g/mol. The molecule has 2 N–H and O–H groups in total. The Morgan fingerprint density at radius 2 is 2.08 bits per heavy atom. The lowest BCUT2D eigenvalue weighted by molar-refractivity contribution is 1.58. The van der Waals surface area contributed by atoms with Crippen molar-refractivity contribution in [3.63, 3.8) is 0 Å². The highest BCUT2D eigenvalue weighted by molar-refractivity contribution is 6.34. The molecule has 0 heterocycles. The van der Waals surface area contributed by atoms with E-state index in [0.717, 1.165) is 5.56 Å². The molecule has 1 aromatic rings. The van der Waals surface area contributed by atoms with E-state index in [9.17, 15) is 0 Å². The van der Waals surface area contributed by atoms with Gasteiger partial charge in [-0.05, 0) is 11.6 Å². The quantitative estimate of drug-likeness (QED) is 0.676. The fraction of sp³-hybridized carbons (Fsp3) is 0. The van der Waals surface area contributed by atoms with Crippen molar-refractivity contribution in [1.82, 2.24) is 0 Å². The van der Waals surface area contributed by atoms with Crippen LogP contribution in [-0.2, 0) is 0 Å². The van der Waals surface area contributed by atoms with Crippen LogP contribution in [0.5, 0.6) is 0 Å². The third kappa shape index (κ3) is 2.30. The molecule has 12 heavy (non-hydrogen) atoms. The van der Waals surface area contributed by atoms with Crippen LogP contribution in [0.4, 0.5) is 5.69 Å². The lowest BCUT2D eigenvalue weighted by Crippen LogP contribution is -1.86. The van der Waals surface area contributed by atoms with Crippen LogP contribution in [0.1, 0.15) is 5.56 Å². The molecule has 2 nitrogen and oxygen atoms in total. The van der Waals surface area contributed by atoms with Gasteiger partial charge >= 0.3 is 0 Å². The monoisotopic (exact) mass is 180 g/mol. The third-order valence-electron chi connectivity index (χ3n) is 1.28. The van der Waals surface area contributed by atoms with E-state index in [1.165, 1.54) is 0 Å². The molecule has 3 heteroatoms. The Balaban J connectivity index is 0.000000561. The largest absolute Gasteiger partial charge is 0.398 e. The smallest absolute Gasteiger partial charge is 0.0707 e. The molecule has 0 saturated carbocycles. The number of nitrogens with two attached hydrogens (primary N) is 1. The summed E-state index contributed by atoms with van der Waals surface area (Å²) in [5.41, 5.74) is 6.99. The number of nitriles is 1. The van der Waals surface area contributed by atoms with Crippen molar-refractivity contribution in [2.24, 2.45) is 0 Å². The summed E-state index contributed by atoms with van der Waals surface area (Å²) in [6.45, 7) is 7.09. The van der Waals surface area contributed by atoms with E-state index in [1.807, 2.05) is 12.1 Å². The van der Waals surface area contributed by atoms with Gasteiger partial charge < -0.3 is 5.73 Å². The molecule has 0 aliphatic rings. The van der Waals surface area contributed by atoms with E-state index < -0.39 is 0 Å². The second kappa shape index (κ2) is 5.22. The van der Waals surface area contributed by atoms with Gasteiger partial charge in [0.1, 0.15) is 0 Å². The SMILES string of the molecule is C#N.C=Cc1cccc(N)c1Cl. The Morgan fingerprint density at radius 1 is 1.50 bits per heavy atom. The second-order valence-electron chi connectivity index (χ2n) is 1.95. The van der Waals surface area contributed by atoms with Crippen LogP contribution in [0, 0.1) is 11.8 Å². The molecule has 0 saturated heterocycles. The zero-order chi connectivity index (χ0) is 9.56.